The first-order valence-corrected chi connectivity index (χ1v) is 13.4. The number of carbonyl (C=O) groups excluding carboxylic acids is 2. The van der Waals surface area contributed by atoms with Gasteiger partial charge in [-0.25, -0.2) is 4.79 Å². The monoisotopic (exact) mass is 503 g/mol. The third-order valence-corrected chi connectivity index (χ3v) is 10.3. The van der Waals surface area contributed by atoms with Crippen molar-refractivity contribution in [3.8, 4) is 0 Å². The molecule has 0 aromatic rings. The summed E-state index contributed by atoms with van der Waals surface area (Å²) in [6.45, 7) is 9.38. The van der Waals surface area contributed by atoms with Crippen molar-refractivity contribution >= 4 is 11.9 Å². The molecule has 0 aromatic carbocycles. The van der Waals surface area contributed by atoms with Crippen LogP contribution in [-0.2, 0) is 14.3 Å². The Morgan fingerprint density at radius 3 is 2.58 bits per heavy atom. The molecule has 5 rings (SSSR count). The third-order valence-electron chi connectivity index (χ3n) is 10.3. The van der Waals surface area contributed by atoms with E-state index in [1.54, 1.807) is 26.1 Å². The number of hydrogen-bond donors (Lipinski definition) is 3. The summed E-state index contributed by atoms with van der Waals surface area (Å²) in [5, 5.41) is 34.3. The summed E-state index contributed by atoms with van der Waals surface area (Å²) in [4.78, 5) is 29.1. The minimum atomic E-state index is -2.10. The Morgan fingerprint density at radius 1 is 1.28 bits per heavy atom. The molecular formula is C28H41NO7. The van der Waals surface area contributed by atoms with Crippen LogP contribution in [0.1, 0.15) is 47.0 Å². The maximum Gasteiger partial charge on any atom is 0.410 e. The Bertz CT molecular complexity index is 998. The van der Waals surface area contributed by atoms with Gasteiger partial charge in [-0.15, -0.1) is 0 Å². The van der Waals surface area contributed by atoms with Crippen LogP contribution < -0.4 is 0 Å². The number of Topliss-reactive ketones (excluding diaryl/α,β-unsaturated/α-hetero) is 1. The topological polar surface area (TPSA) is 117 Å². The van der Waals surface area contributed by atoms with E-state index in [-0.39, 0.29) is 28.6 Å². The number of nitrogens with zero attached hydrogens (tertiary/aromatic N) is 1. The lowest BCUT2D eigenvalue weighted by Crippen LogP contribution is -2.66. The number of ketones is 1. The predicted octanol–water partition coefficient (Wildman–Crippen LogP) is 2.32. The fourth-order valence-corrected chi connectivity index (χ4v) is 8.18. The molecule has 0 radical (unpaired) electrons. The summed E-state index contributed by atoms with van der Waals surface area (Å²) in [6, 6.07) is 0. The zero-order valence-electron chi connectivity index (χ0n) is 22.1. The van der Waals surface area contributed by atoms with E-state index < -0.39 is 41.8 Å². The molecule has 8 atom stereocenters. The van der Waals surface area contributed by atoms with Gasteiger partial charge in [-0.1, -0.05) is 32.9 Å². The van der Waals surface area contributed by atoms with Crippen LogP contribution in [0.2, 0.25) is 0 Å². The van der Waals surface area contributed by atoms with Gasteiger partial charge in [0.05, 0.1) is 12.0 Å². The fourth-order valence-electron chi connectivity index (χ4n) is 8.18. The number of amides is 1. The maximum absolute atomic E-state index is 14.4. The summed E-state index contributed by atoms with van der Waals surface area (Å²) in [7, 11) is 1.67. The Kier molecular flexibility index (Phi) is 6.22. The van der Waals surface area contributed by atoms with Crippen molar-refractivity contribution < 1.29 is 34.4 Å². The Balaban J connectivity index is 1.50. The molecule has 36 heavy (non-hydrogen) atoms. The number of aliphatic hydroxyl groups is 3. The molecule has 3 N–H and O–H groups in total. The van der Waals surface area contributed by atoms with Crippen LogP contribution in [0.3, 0.4) is 0 Å². The quantitative estimate of drug-likeness (QED) is 0.504. The third kappa shape index (κ3) is 3.40. The molecule has 200 valence electrons. The average Bonchev–Trinajstić information content (AvgIpc) is 3.33. The highest BCUT2D eigenvalue weighted by atomic mass is 16.6. The molecule has 5 aliphatic rings. The smallest absolute Gasteiger partial charge is 0.410 e. The number of carbonyl (C=O) groups is 2. The zero-order chi connectivity index (χ0) is 26.2. The SMILES string of the molecule is CC1=C[C@]23C(=O)[C@@H](C=C(CO)[C@@H](O)[C@]2(O)[C@H]1OC(=O)N(C)CC1CCOCC1)[C@H]1[C@@H](C[C@H]3C)C1(C)C. The van der Waals surface area contributed by atoms with Crippen molar-refractivity contribution in [1.29, 1.82) is 0 Å². The molecule has 1 heterocycles. The molecule has 0 unspecified atom stereocenters. The van der Waals surface area contributed by atoms with Crippen molar-refractivity contribution in [3.63, 3.8) is 0 Å². The van der Waals surface area contributed by atoms with E-state index in [4.69, 9.17) is 9.47 Å². The molecule has 1 aliphatic heterocycles. The van der Waals surface area contributed by atoms with Crippen molar-refractivity contribution in [3.05, 3.63) is 23.3 Å². The van der Waals surface area contributed by atoms with Crippen LogP contribution in [0, 0.1) is 40.4 Å². The van der Waals surface area contributed by atoms with Gasteiger partial charge >= 0.3 is 6.09 Å². The molecule has 1 saturated heterocycles. The summed E-state index contributed by atoms with van der Waals surface area (Å²) in [6.07, 6.45) is 2.54. The number of ether oxygens (including phenoxy) is 2. The average molecular weight is 504 g/mol. The van der Waals surface area contributed by atoms with Crippen LogP contribution in [0.25, 0.3) is 0 Å². The van der Waals surface area contributed by atoms with E-state index in [1.165, 1.54) is 4.90 Å². The molecule has 2 saturated carbocycles. The van der Waals surface area contributed by atoms with Gasteiger partial charge in [0.1, 0.15) is 6.10 Å². The van der Waals surface area contributed by atoms with Gasteiger partial charge < -0.3 is 29.7 Å². The lowest BCUT2D eigenvalue weighted by molar-refractivity contribution is -0.191. The minimum Gasteiger partial charge on any atom is -0.438 e. The van der Waals surface area contributed by atoms with Gasteiger partial charge in [-0.2, -0.15) is 0 Å². The van der Waals surface area contributed by atoms with E-state index in [0.717, 1.165) is 19.3 Å². The molecular weight excluding hydrogens is 462 g/mol. The molecule has 0 aromatic heterocycles. The number of rotatable bonds is 4. The predicted molar refractivity (Wildman–Crippen MR) is 132 cm³/mol. The van der Waals surface area contributed by atoms with E-state index in [9.17, 15) is 24.9 Å². The van der Waals surface area contributed by atoms with Crippen LogP contribution >= 0.6 is 0 Å². The second kappa shape index (κ2) is 8.65. The van der Waals surface area contributed by atoms with Gasteiger partial charge in [-0.3, -0.25) is 4.79 Å². The first-order valence-electron chi connectivity index (χ1n) is 13.4. The highest BCUT2D eigenvalue weighted by molar-refractivity contribution is 5.95. The summed E-state index contributed by atoms with van der Waals surface area (Å²) >= 11 is 0. The standard InChI is InChI=1S/C28H41NO7/c1-15-12-27-16(2)10-20-21(26(20,3)4)19(23(27)32)11-18(14-30)22(31)28(27,34)24(15)36-25(33)29(5)13-17-6-8-35-9-7-17/h11-12,16-17,19-22,24,30-31,34H,6-10,13-14H2,1-5H3/t16-,19+,20-,21+,22-,24+,27+,28+/m1/s1. The normalized spacial score (nSPS) is 43.4. The van der Waals surface area contributed by atoms with Crippen LogP contribution in [0.5, 0.6) is 0 Å². The Labute approximate surface area is 213 Å². The summed E-state index contributed by atoms with van der Waals surface area (Å²) < 4.78 is 11.3. The lowest BCUT2D eigenvalue weighted by Gasteiger charge is -2.49. The zero-order valence-corrected chi connectivity index (χ0v) is 22.1. The van der Waals surface area contributed by atoms with E-state index in [1.807, 2.05) is 6.92 Å². The van der Waals surface area contributed by atoms with E-state index in [0.29, 0.717) is 37.2 Å². The van der Waals surface area contributed by atoms with Crippen molar-refractivity contribution in [1.82, 2.24) is 4.90 Å². The number of hydrogen-bond acceptors (Lipinski definition) is 7. The molecule has 4 aliphatic carbocycles. The number of aliphatic hydroxyl groups excluding tert-OH is 2. The highest BCUT2D eigenvalue weighted by Gasteiger charge is 2.76. The van der Waals surface area contributed by atoms with Crippen LogP contribution in [-0.4, -0.2) is 83.3 Å². The highest BCUT2D eigenvalue weighted by Crippen LogP contribution is 2.71. The molecule has 8 nitrogen and oxygen atoms in total. The largest absolute Gasteiger partial charge is 0.438 e. The van der Waals surface area contributed by atoms with Crippen molar-refractivity contribution in [2.45, 2.75) is 64.8 Å². The Morgan fingerprint density at radius 2 is 1.94 bits per heavy atom. The molecule has 3 fully saturated rings. The van der Waals surface area contributed by atoms with E-state index in [2.05, 4.69) is 13.8 Å². The molecule has 2 bridgehead atoms. The van der Waals surface area contributed by atoms with Gasteiger partial charge in [0, 0.05) is 32.7 Å². The van der Waals surface area contributed by atoms with Gasteiger partial charge in [-0.05, 0) is 66.4 Å². The van der Waals surface area contributed by atoms with Crippen molar-refractivity contribution in [2.24, 2.45) is 40.4 Å². The summed E-state index contributed by atoms with van der Waals surface area (Å²) in [5.74, 6) is -0.255. The second-order valence-electron chi connectivity index (χ2n) is 12.6. The molecule has 8 heteroatoms. The summed E-state index contributed by atoms with van der Waals surface area (Å²) in [5.41, 5.74) is -2.78. The lowest BCUT2D eigenvalue weighted by atomic mass is 9.59. The second-order valence-corrected chi connectivity index (χ2v) is 12.6. The first-order chi connectivity index (χ1) is 16.9. The Hall–Kier alpha value is -1.74. The molecule has 1 amide bonds. The van der Waals surface area contributed by atoms with Crippen LogP contribution in [0.15, 0.2) is 23.3 Å². The maximum atomic E-state index is 14.4. The number of fused-ring (bicyclic) bond motifs is 3. The van der Waals surface area contributed by atoms with Gasteiger partial charge in [0.15, 0.2) is 17.5 Å². The van der Waals surface area contributed by atoms with E-state index >= 15 is 0 Å². The van der Waals surface area contributed by atoms with Crippen molar-refractivity contribution in [2.75, 3.05) is 33.4 Å². The molecule has 1 spiro atoms. The van der Waals surface area contributed by atoms with Gasteiger partial charge in [0.2, 0.25) is 0 Å². The first kappa shape index (κ1) is 25.9. The number of allylic oxidation sites excluding steroid dienone is 1. The minimum absolute atomic E-state index is 0.0310. The van der Waals surface area contributed by atoms with Gasteiger partial charge in [0.25, 0.3) is 0 Å². The fraction of sp³-hybridized carbons (Fsp3) is 0.786. The van der Waals surface area contributed by atoms with Crippen LogP contribution in [0.4, 0.5) is 4.79 Å².